The fourth-order valence-corrected chi connectivity index (χ4v) is 1.96. The van der Waals surface area contributed by atoms with Crippen LogP contribution in [0.1, 0.15) is 13.3 Å². The number of anilines is 2. The Bertz CT molecular complexity index is 659. The number of hydrogen-bond acceptors (Lipinski definition) is 4. The third-order valence-corrected chi connectivity index (χ3v) is 3.24. The molecule has 0 aliphatic heterocycles. The number of halogens is 1. The Hall–Kier alpha value is -2.63. The van der Waals surface area contributed by atoms with Crippen molar-refractivity contribution >= 4 is 17.4 Å². The van der Waals surface area contributed by atoms with Gasteiger partial charge in [0.2, 0.25) is 0 Å². The lowest BCUT2D eigenvalue weighted by molar-refractivity contribution is -0.122. The Kier molecular flexibility index (Phi) is 5.51. The maximum absolute atomic E-state index is 13.6. The van der Waals surface area contributed by atoms with E-state index in [-0.39, 0.29) is 11.7 Å². The SMILES string of the molecule is CC[C@@H](Oc1ccccc1F)C(=O)Nc1ccc(N(C)C)nc1. The number of amides is 1. The molecule has 23 heavy (non-hydrogen) atoms. The van der Waals surface area contributed by atoms with Gasteiger partial charge in [0.15, 0.2) is 17.7 Å². The summed E-state index contributed by atoms with van der Waals surface area (Å²) < 4.78 is 19.1. The van der Waals surface area contributed by atoms with Crippen molar-refractivity contribution in [2.45, 2.75) is 19.4 Å². The molecule has 2 rings (SSSR count). The summed E-state index contributed by atoms with van der Waals surface area (Å²) in [6, 6.07) is 9.58. The standard InChI is InChI=1S/C17H20FN3O2/c1-4-14(23-15-8-6-5-7-13(15)18)17(22)20-12-9-10-16(19-11-12)21(2)3/h5-11,14H,4H2,1-3H3,(H,20,22)/t14-/m1/s1. The predicted octanol–water partition coefficient (Wildman–Crippen LogP) is 3.08. The number of para-hydroxylation sites is 1. The van der Waals surface area contributed by atoms with E-state index >= 15 is 0 Å². The number of nitrogens with zero attached hydrogens (tertiary/aromatic N) is 2. The van der Waals surface area contributed by atoms with Crippen molar-refractivity contribution in [2.75, 3.05) is 24.3 Å². The van der Waals surface area contributed by atoms with Crippen LogP contribution in [0.4, 0.5) is 15.9 Å². The molecule has 2 aromatic rings. The highest BCUT2D eigenvalue weighted by Gasteiger charge is 2.20. The first kappa shape index (κ1) is 16.7. The molecule has 0 spiro atoms. The third kappa shape index (κ3) is 4.42. The minimum absolute atomic E-state index is 0.0654. The van der Waals surface area contributed by atoms with Crippen LogP contribution in [0, 0.1) is 5.82 Å². The lowest BCUT2D eigenvalue weighted by Gasteiger charge is -2.18. The van der Waals surface area contributed by atoms with Crippen LogP contribution in [-0.2, 0) is 4.79 Å². The predicted molar refractivity (Wildman–Crippen MR) is 88.3 cm³/mol. The van der Waals surface area contributed by atoms with Crippen LogP contribution in [-0.4, -0.2) is 31.1 Å². The molecule has 6 heteroatoms. The van der Waals surface area contributed by atoms with Gasteiger partial charge in [0.1, 0.15) is 5.82 Å². The monoisotopic (exact) mass is 317 g/mol. The average Bonchev–Trinajstić information content (AvgIpc) is 2.54. The van der Waals surface area contributed by atoms with Crippen LogP contribution in [0.15, 0.2) is 42.6 Å². The number of hydrogen-bond donors (Lipinski definition) is 1. The lowest BCUT2D eigenvalue weighted by atomic mass is 10.2. The normalized spacial score (nSPS) is 11.7. The zero-order valence-corrected chi connectivity index (χ0v) is 13.4. The molecule has 1 heterocycles. The number of nitrogens with one attached hydrogen (secondary N) is 1. The Morgan fingerprint density at radius 3 is 2.61 bits per heavy atom. The van der Waals surface area contributed by atoms with Crippen LogP contribution in [0.25, 0.3) is 0 Å². The fourth-order valence-electron chi connectivity index (χ4n) is 1.96. The molecule has 0 fully saturated rings. The summed E-state index contributed by atoms with van der Waals surface area (Å²) in [7, 11) is 3.77. The van der Waals surface area contributed by atoms with Gasteiger partial charge in [-0.3, -0.25) is 4.79 Å². The van der Waals surface area contributed by atoms with Crippen molar-refractivity contribution in [1.29, 1.82) is 0 Å². The largest absolute Gasteiger partial charge is 0.478 e. The van der Waals surface area contributed by atoms with Gasteiger partial charge in [0, 0.05) is 14.1 Å². The Morgan fingerprint density at radius 2 is 2.04 bits per heavy atom. The van der Waals surface area contributed by atoms with E-state index < -0.39 is 11.9 Å². The quantitative estimate of drug-likeness (QED) is 0.889. The number of rotatable bonds is 6. The van der Waals surface area contributed by atoms with Gasteiger partial charge in [-0.1, -0.05) is 19.1 Å². The first-order chi connectivity index (χ1) is 11.0. The minimum atomic E-state index is -0.777. The van der Waals surface area contributed by atoms with Crippen LogP contribution in [0.3, 0.4) is 0 Å². The van der Waals surface area contributed by atoms with Crippen LogP contribution in [0.2, 0.25) is 0 Å². The Balaban J connectivity index is 2.04. The van der Waals surface area contributed by atoms with Crippen molar-refractivity contribution in [3.63, 3.8) is 0 Å². The smallest absolute Gasteiger partial charge is 0.265 e. The van der Waals surface area contributed by atoms with Crippen LogP contribution < -0.4 is 15.0 Å². The molecule has 1 N–H and O–H groups in total. The zero-order chi connectivity index (χ0) is 16.8. The van der Waals surface area contributed by atoms with E-state index in [9.17, 15) is 9.18 Å². The number of aromatic nitrogens is 1. The summed E-state index contributed by atoms with van der Waals surface area (Å²) in [5, 5.41) is 2.73. The van der Waals surface area contributed by atoms with Gasteiger partial charge in [-0.2, -0.15) is 0 Å². The molecule has 1 aromatic heterocycles. The summed E-state index contributed by atoms with van der Waals surface area (Å²) in [6.45, 7) is 1.80. The number of carbonyl (C=O) groups is 1. The third-order valence-electron chi connectivity index (χ3n) is 3.24. The lowest BCUT2D eigenvalue weighted by Crippen LogP contribution is -2.32. The van der Waals surface area contributed by atoms with Crippen molar-refractivity contribution in [3.8, 4) is 5.75 Å². The molecule has 0 radical (unpaired) electrons. The molecule has 0 saturated heterocycles. The highest BCUT2D eigenvalue weighted by atomic mass is 19.1. The molecular formula is C17H20FN3O2. The summed E-state index contributed by atoms with van der Waals surface area (Å²) in [6.07, 6.45) is 1.22. The highest BCUT2D eigenvalue weighted by Crippen LogP contribution is 2.19. The topological polar surface area (TPSA) is 54.5 Å². The van der Waals surface area contributed by atoms with Gasteiger partial charge in [0.25, 0.3) is 5.91 Å². The van der Waals surface area contributed by atoms with Crippen LogP contribution >= 0.6 is 0 Å². The van der Waals surface area contributed by atoms with E-state index in [1.165, 1.54) is 12.1 Å². The molecule has 0 unspecified atom stereocenters. The minimum Gasteiger partial charge on any atom is -0.478 e. The van der Waals surface area contributed by atoms with Crippen molar-refractivity contribution in [3.05, 3.63) is 48.4 Å². The molecule has 1 amide bonds. The summed E-state index contributed by atoms with van der Waals surface area (Å²) in [5.41, 5.74) is 0.566. The molecule has 1 atom stereocenters. The van der Waals surface area contributed by atoms with Crippen molar-refractivity contribution in [2.24, 2.45) is 0 Å². The van der Waals surface area contributed by atoms with Gasteiger partial charge in [-0.05, 0) is 30.7 Å². The maximum Gasteiger partial charge on any atom is 0.265 e. The van der Waals surface area contributed by atoms with Gasteiger partial charge < -0.3 is 15.0 Å². The Labute approximate surface area is 135 Å². The maximum atomic E-state index is 13.6. The van der Waals surface area contributed by atoms with E-state index in [0.29, 0.717) is 12.1 Å². The zero-order valence-electron chi connectivity index (χ0n) is 13.4. The molecule has 5 nitrogen and oxygen atoms in total. The van der Waals surface area contributed by atoms with E-state index in [1.54, 1.807) is 37.4 Å². The second-order valence-electron chi connectivity index (χ2n) is 5.23. The molecule has 0 aliphatic rings. The summed E-state index contributed by atoms with van der Waals surface area (Å²) >= 11 is 0. The Morgan fingerprint density at radius 1 is 1.30 bits per heavy atom. The number of ether oxygens (including phenoxy) is 1. The number of benzene rings is 1. The van der Waals surface area contributed by atoms with Crippen molar-refractivity contribution < 1.29 is 13.9 Å². The second kappa shape index (κ2) is 7.58. The average molecular weight is 317 g/mol. The molecular weight excluding hydrogens is 297 g/mol. The van der Waals surface area contributed by atoms with Gasteiger partial charge >= 0.3 is 0 Å². The molecule has 122 valence electrons. The van der Waals surface area contributed by atoms with E-state index in [1.807, 2.05) is 19.0 Å². The summed E-state index contributed by atoms with van der Waals surface area (Å²) in [4.78, 5) is 18.4. The van der Waals surface area contributed by atoms with Crippen molar-refractivity contribution in [1.82, 2.24) is 4.98 Å². The molecule has 0 bridgehead atoms. The second-order valence-corrected chi connectivity index (χ2v) is 5.23. The van der Waals surface area contributed by atoms with E-state index in [2.05, 4.69) is 10.3 Å². The number of carbonyl (C=O) groups excluding carboxylic acids is 1. The van der Waals surface area contributed by atoms with Gasteiger partial charge in [0.05, 0.1) is 11.9 Å². The van der Waals surface area contributed by atoms with Gasteiger partial charge in [-0.15, -0.1) is 0 Å². The van der Waals surface area contributed by atoms with Gasteiger partial charge in [-0.25, -0.2) is 9.37 Å². The van der Waals surface area contributed by atoms with Crippen LogP contribution in [0.5, 0.6) is 5.75 Å². The fraction of sp³-hybridized carbons (Fsp3) is 0.294. The molecule has 1 aromatic carbocycles. The first-order valence-corrected chi connectivity index (χ1v) is 7.36. The summed E-state index contributed by atoms with van der Waals surface area (Å²) in [5.74, 6) is 0.0270. The molecule has 0 saturated carbocycles. The highest BCUT2D eigenvalue weighted by molar-refractivity contribution is 5.94. The number of pyridine rings is 1. The molecule has 0 aliphatic carbocycles. The first-order valence-electron chi connectivity index (χ1n) is 7.36. The van der Waals surface area contributed by atoms with E-state index in [0.717, 1.165) is 5.82 Å². The van der Waals surface area contributed by atoms with E-state index in [4.69, 9.17) is 4.74 Å².